The summed E-state index contributed by atoms with van der Waals surface area (Å²) in [7, 11) is 0. The highest BCUT2D eigenvalue weighted by molar-refractivity contribution is 5.83. The molecule has 0 atom stereocenters. The lowest BCUT2D eigenvalue weighted by molar-refractivity contribution is -0.176. The predicted molar refractivity (Wildman–Crippen MR) is 50.0 cm³/mol. The maximum absolute atomic E-state index is 12.0. The van der Waals surface area contributed by atoms with Crippen LogP contribution in [0.2, 0.25) is 0 Å². The molecule has 0 aromatic rings. The third-order valence-electron chi connectivity index (χ3n) is 3.68. The Hall–Kier alpha value is -1.27. The van der Waals surface area contributed by atoms with Gasteiger partial charge in [0.2, 0.25) is 0 Å². The Bertz CT molecular complexity index is 365. The molecule has 2 aliphatic rings. The Balaban J connectivity index is 1.92. The molecule has 0 aromatic heterocycles. The van der Waals surface area contributed by atoms with Gasteiger partial charge in [0.05, 0.1) is 5.41 Å². The molecule has 0 unspecified atom stereocenters. The van der Waals surface area contributed by atoms with Crippen LogP contribution in [0.5, 0.6) is 0 Å². The predicted octanol–water partition coefficient (Wildman–Crippen LogP) is 1.31. The largest absolute Gasteiger partial charge is 0.481 e. The van der Waals surface area contributed by atoms with E-state index in [1.165, 1.54) is 0 Å². The summed E-state index contributed by atoms with van der Waals surface area (Å²) in [6.45, 7) is -0.442. The van der Waals surface area contributed by atoms with Crippen LogP contribution in [0.4, 0.5) is 13.2 Å². The summed E-state index contributed by atoms with van der Waals surface area (Å²) < 4.78 is 35.9. The molecule has 0 aliphatic heterocycles. The zero-order valence-corrected chi connectivity index (χ0v) is 8.93. The summed E-state index contributed by atoms with van der Waals surface area (Å²) >= 11 is 0. The molecule has 0 bridgehead atoms. The van der Waals surface area contributed by atoms with Gasteiger partial charge >= 0.3 is 18.1 Å². The van der Waals surface area contributed by atoms with Crippen molar-refractivity contribution < 1.29 is 27.9 Å². The highest BCUT2D eigenvalue weighted by Crippen LogP contribution is 2.68. The molecule has 0 saturated heterocycles. The Morgan fingerprint density at radius 3 is 2.12 bits per heavy atom. The molecule has 17 heavy (non-hydrogen) atoms. The zero-order valence-electron chi connectivity index (χ0n) is 8.93. The highest BCUT2D eigenvalue weighted by atomic mass is 19.4. The van der Waals surface area contributed by atoms with E-state index in [0.29, 0.717) is 12.8 Å². The van der Waals surface area contributed by atoms with E-state index in [-0.39, 0.29) is 5.41 Å². The molecule has 96 valence electrons. The second-order valence-electron chi connectivity index (χ2n) is 5.12. The van der Waals surface area contributed by atoms with Crippen LogP contribution in [-0.2, 0) is 9.59 Å². The third kappa shape index (κ3) is 2.10. The average molecular weight is 251 g/mol. The van der Waals surface area contributed by atoms with E-state index in [9.17, 15) is 22.8 Å². The highest BCUT2D eigenvalue weighted by Gasteiger charge is 2.64. The first-order chi connectivity index (χ1) is 7.69. The van der Waals surface area contributed by atoms with Crippen molar-refractivity contribution in [3.8, 4) is 0 Å². The fraction of sp³-hybridized carbons (Fsp3) is 0.800. The maximum Gasteiger partial charge on any atom is 0.471 e. The molecule has 1 amide bonds. The smallest absolute Gasteiger partial charge is 0.471 e. The van der Waals surface area contributed by atoms with Gasteiger partial charge in [-0.05, 0) is 31.1 Å². The van der Waals surface area contributed by atoms with Crippen LogP contribution < -0.4 is 5.32 Å². The maximum atomic E-state index is 12.0. The van der Waals surface area contributed by atoms with Crippen molar-refractivity contribution in [2.75, 3.05) is 6.54 Å². The number of hydrogen-bond donors (Lipinski definition) is 2. The van der Waals surface area contributed by atoms with Crippen LogP contribution in [0.3, 0.4) is 0 Å². The van der Waals surface area contributed by atoms with Crippen molar-refractivity contribution in [1.82, 2.24) is 5.32 Å². The molecule has 0 heterocycles. The molecule has 4 nitrogen and oxygen atoms in total. The first kappa shape index (κ1) is 12.2. The second kappa shape index (κ2) is 3.36. The Morgan fingerprint density at radius 1 is 1.24 bits per heavy atom. The van der Waals surface area contributed by atoms with Crippen LogP contribution in [0.25, 0.3) is 0 Å². The van der Waals surface area contributed by atoms with Gasteiger partial charge in [0.25, 0.3) is 0 Å². The van der Waals surface area contributed by atoms with Crippen molar-refractivity contribution in [2.24, 2.45) is 10.8 Å². The zero-order chi connectivity index (χ0) is 12.9. The third-order valence-corrected chi connectivity index (χ3v) is 3.68. The summed E-state index contributed by atoms with van der Waals surface area (Å²) in [6, 6.07) is 0. The Labute approximate surface area is 95.2 Å². The van der Waals surface area contributed by atoms with Crippen LogP contribution >= 0.6 is 0 Å². The molecular formula is C10H12F3NO3. The standard InChI is InChI=1S/C10H12F3NO3/c11-10(12,13)6(15)14-5-9(7(16)17)3-8(4-9)1-2-8/h1-5H2,(H,14,15)(H,16,17). The number of alkyl halides is 3. The molecule has 2 rings (SSSR count). The number of carboxylic acid groups (broad SMARTS) is 1. The minimum absolute atomic E-state index is 0.0430. The number of aliphatic carboxylic acids is 1. The fourth-order valence-electron chi connectivity index (χ4n) is 2.62. The SMILES string of the molecule is O=C(NCC1(C(=O)O)CC2(CC2)C1)C(F)(F)F. The first-order valence-corrected chi connectivity index (χ1v) is 5.28. The van der Waals surface area contributed by atoms with E-state index < -0.39 is 30.0 Å². The molecule has 1 spiro atoms. The van der Waals surface area contributed by atoms with Crippen molar-refractivity contribution in [3.63, 3.8) is 0 Å². The molecule has 2 saturated carbocycles. The van der Waals surface area contributed by atoms with Gasteiger partial charge in [0, 0.05) is 6.54 Å². The van der Waals surface area contributed by atoms with Crippen LogP contribution in [0.15, 0.2) is 0 Å². The van der Waals surface area contributed by atoms with E-state index in [0.717, 1.165) is 12.8 Å². The van der Waals surface area contributed by atoms with E-state index in [4.69, 9.17) is 5.11 Å². The average Bonchev–Trinajstić information content (AvgIpc) is 2.89. The fourth-order valence-corrected chi connectivity index (χ4v) is 2.62. The summed E-state index contributed by atoms with van der Waals surface area (Å²) in [4.78, 5) is 21.7. The van der Waals surface area contributed by atoms with E-state index >= 15 is 0 Å². The minimum atomic E-state index is -4.96. The summed E-state index contributed by atoms with van der Waals surface area (Å²) in [5, 5.41) is 10.7. The topological polar surface area (TPSA) is 66.4 Å². The first-order valence-electron chi connectivity index (χ1n) is 5.28. The van der Waals surface area contributed by atoms with Gasteiger partial charge in [-0.3, -0.25) is 9.59 Å². The van der Waals surface area contributed by atoms with E-state index in [2.05, 4.69) is 0 Å². The summed E-state index contributed by atoms with van der Waals surface area (Å²) in [5.41, 5.74) is -1.15. The van der Waals surface area contributed by atoms with Crippen molar-refractivity contribution in [3.05, 3.63) is 0 Å². The molecule has 0 radical (unpaired) electrons. The van der Waals surface area contributed by atoms with Gasteiger partial charge in [-0.15, -0.1) is 0 Å². The van der Waals surface area contributed by atoms with Crippen molar-refractivity contribution in [1.29, 1.82) is 0 Å². The lowest BCUT2D eigenvalue weighted by Gasteiger charge is -2.45. The normalized spacial score (nSPS) is 23.9. The molecule has 2 fully saturated rings. The van der Waals surface area contributed by atoms with E-state index in [1.54, 1.807) is 5.32 Å². The van der Waals surface area contributed by atoms with Crippen LogP contribution in [-0.4, -0.2) is 29.7 Å². The number of hydrogen-bond acceptors (Lipinski definition) is 2. The molecule has 2 aliphatic carbocycles. The van der Waals surface area contributed by atoms with E-state index in [1.807, 2.05) is 0 Å². The van der Waals surface area contributed by atoms with Crippen LogP contribution in [0, 0.1) is 10.8 Å². The second-order valence-corrected chi connectivity index (χ2v) is 5.12. The minimum Gasteiger partial charge on any atom is -0.481 e. The van der Waals surface area contributed by atoms with Gasteiger partial charge < -0.3 is 10.4 Å². The van der Waals surface area contributed by atoms with Gasteiger partial charge in [0.1, 0.15) is 0 Å². The number of carboxylic acids is 1. The number of nitrogens with one attached hydrogen (secondary N) is 1. The lowest BCUT2D eigenvalue weighted by atomic mass is 9.59. The van der Waals surface area contributed by atoms with Gasteiger partial charge in [-0.1, -0.05) is 0 Å². The van der Waals surface area contributed by atoms with Gasteiger partial charge in [-0.2, -0.15) is 13.2 Å². The number of carbonyl (C=O) groups is 2. The quantitative estimate of drug-likeness (QED) is 0.794. The van der Waals surface area contributed by atoms with Gasteiger partial charge in [-0.25, -0.2) is 0 Å². The van der Waals surface area contributed by atoms with Crippen molar-refractivity contribution >= 4 is 11.9 Å². The van der Waals surface area contributed by atoms with Crippen LogP contribution in [0.1, 0.15) is 25.7 Å². The number of carbonyl (C=O) groups excluding carboxylic acids is 1. The Morgan fingerprint density at radius 2 is 1.76 bits per heavy atom. The molecule has 2 N–H and O–H groups in total. The van der Waals surface area contributed by atoms with Crippen molar-refractivity contribution in [2.45, 2.75) is 31.9 Å². The number of halogens is 3. The summed E-state index contributed by atoms with van der Waals surface area (Å²) in [5.74, 6) is -3.20. The molecule has 0 aromatic carbocycles. The van der Waals surface area contributed by atoms with Gasteiger partial charge in [0.15, 0.2) is 0 Å². The monoisotopic (exact) mass is 251 g/mol. The summed E-state index contributed by atoms with van der Waals surface area (Å²) in [6.07, 6.45) is -2.34. The molecule has 7 heteroatoms. The number of amides is 1. The lowest BCUT2D eigenvalue weighted by Crippen LogP contribution is -2.54. The Kier molecular flexibility index (Phi) is 2.41. The molecular weight excluding hydrogens is 239 g/mol. The number of rotatable bonds is 3.